The van der Waals surface area contributed by atoms with Crippen LogP contribution in [0.5, 0.6) is 0 Å². The summed E-state index contributed by atoms with van der Waals surface area (Å²) in [6, 6.07) is 0. The van der Waals surface area contributed by atoms with E-state index in [4.69, 9.17) is 4.74 Å². The van der Waals surface area contributed by atoms with Gasteiger partial charge in [-0.3, -0.25) is 14.4 Å². The van der Waals surface area contributed by atoms with Gasteiger partial charge in [-0.1, -0.05) is 19.1 Å². The Morgan fingerprint density at radius 3 is 2.78 bits per heavy atom. The fourth-order valence-electron chi connectivity index (χ4n) is 1.62. The van der Waals surface area contributed by atoms with Gasteiger partial charge in [-0.15, -0.1) is 0 Å². The summed E-state index contributed by atoms with van der Waals surface area (Å²) in [5.74, 6) is -0.311. The Labute approximate surface area is 107 Å². The predicted molar refractivity (Wildman–Crippen MR) is 67.0 cm³/mol. The zero-order chi connectivity index (χ0) is 13.4. The molecule has 0 aromatic rings. The number of ketones is 2. The minimum Gasteiger partial charge on any atom is -0.466 e. The molecule has 98 valence electrons. The first-order valence-corrected chi connectivity index (χ1v) is 6.22. The van der Waals surface area contributed by atoms with E-state index in [9.17, 15) is 14.4 Å². The third-order valence-electron chi connectivity index (χ3n) is 2.57. The Bertz CT molecular complexity index is 391. The third kappa shape index (κ3) is 5.08. The first-order valence-electron chi connectivity index (χ1n) is 6.22. The van der Waals surface area contributed by atoms with Crippen LogP contribution in [0.25, 0.3) is 0 Å². The number of hydrogen-bond donors (Lipinski definition) is 0. The molecule has 0 amide bonds. The Balaban J connectivity index is 2.22. The number of Topliss-reactive ketones (excluding diaryl/α,β-unsaturated/α-hetero) is 1. The number of carbonyl (C=O) groups is 3. The minimum atomic E-state index is -0.222. The number of rotatable bonds is 7. The lowest BCUT2D eigenvalue weighted by Gasteiger charge is -2.07. The van der Waals surface area contributed by atoms with E-state index in [1.165, 1.54) is 6.08 Å². The summed E-state index contributed by atoms with van der Waals surface area (Å²) in [6.07, 6.45) is 6.91. The smallest absolute Gasteiger partial charge is 0.305 e. The summed E-state index contributed by atoms with van der Waals surface area (Å²) in [5.41, 5.74) is 0.544. The molecule has 18 heavy (non-hydrogen) atoms. The second kappa shape index (κ2) is 7.58. The topological polar surface area (TPSA) is 60.4 Å². The van der Waals surface area contributed by atoms with Crippen LogP contribution in [-0.4, -0.2) is 24.1 Å². The second-order valence-electron chi connectivity index (χ2n) is 4.19. The van der Waals surface area contributed by atoms with Gasteiger partial charge >= 0.3 is 5.97 Å². The molecule has 0 unspecified atom stereocenters. The van der Waals surface area contributed by atoms with E-state index in [0.29, 0.717) is 24.8 Å². The average Bonchev–Trinajstić information content (AvgIpc) is 2.35. The predicted octanol–water partition coefficient (Wildman–Crippen LogP) is 2.13. The van der Waals surface area contributed by atoms with Crippen molar-refractivity contribution in [1.82, 2.24) is 0 Å². The van der Waals surface area contributed by atoms with E-state index in [1.54, 1.807) is 12.2 Å². The van der Waals surface area contributed by atoms with Crippen molar-refractivity contribution in [2.24, 2.45) is 0 Å². The van der Waals surface area contributed by atoms with Crippen LogP contribution in [0, 0.1) is 0 Å². The molecule has 1 aliphatic carbocycles. The molecule has 0 spiro atoms. The Morgan fingerprint density at radius 2 is 2.11 bits per heavy atom. The van der Waals surface area contributed by atoms with Crippen molar-refractivity contribution < 1.29 is 19.1 Å². The first-order chi connectivity index (χ1) is 8.63. The summed E-state index contributed by atoms with van der Waals surface area (Å²) in [6.45, 7) is 2.17. The summed E-state index contributed by atoms with van der Waals surface area (Å²) < 4.78 is 4.95. The number of carbonyl (C=O) groups excluding carboxylic acids is 3. The third-order valence-corrected chi connectivity index (χ3v) is 2.57. The Kier molecular flexibility index (Phi) is 6.05. The highest BCUT2D eigenvalue weighted by molar-refractivity contribution is 6.05. The van der Waals surface area contributed by atoms with Gasteiger partial charge in [0.2, 0.25) is 0 Å². The van der Waals surface area contributed by atoms with Crippen LogP contribution in [0.1, 0.15) is 39.0 Å². The SMILES string of the molecule is CCCC(=O)OCCCC(=O)C1=CC=CC(=O)C1. The van der Waals surface area contributed by atoms with Crippen molar-refractivity contribution >= 4 is 17.5 Å². The number of ether oxygens (including phenoxy) is 1. The maximum atomic E-state index is 11.7. The standard InChI is InChI=1S/C14H18O4/c1-2-5-14(17)18-9-4-8-13(16)11-6-3-7-12(15)10-11/h3,6-7H,2,4-5,8-10H2,1H3. The van der Waals surface area contributed by atoms with Crippen LogP contribution in [-0.2, 0) is 19.1 Å². The molecule has 4 heteroatoms. The molecule has 0 fully saturated rings. The molecule has 0 aromatic heterocycles. The van der Waals surface area contributed by atoms with Gasteiger partial charge in [0, 0.05) is 24.8 Å². The van der Waals surface area contributed by atoms with E-state index >= 15 is 0 Å². The van der Waals surface area contributed by atoms with E-state index in [0.717, 1.165) is 6.42 Å². The molecule has 4 nitrogen and oxygen atoms in total. The largest absolute Gasteiger partial charge is 0.466 e. The van der Waals surface area contributed by atoms with E-state index in [1.807, 2.05) is 6.92 Å². The van der Waals surface area contributed by atoms with Gasteiger partial charge in [-0.25, -0.2) is 0 Å². The van der Waals surface area contributed by atoms with Crippen molar-refractivity contribution in [1.29, 1.82) is 0 Å². The van der Waals surface area contributed by atoms with Gasteiger partial charge in [0.15, 0.2) is 11.6 Å². The summed E-state index contributed by atoms with van der Waals surface area (Å²) in [5, 5.41) is 0. The van der Waals surface area contributed by atoms with Crippen LogP contribution in [0.15, 0.2) is 23.8 Å². The highest BCUT2D eigenvalue weighted by Gasteiger charge is 2.14. The van der Waals surface area contributed by atoms with E-state index < -0.39 is 0 Å². The molecule has 0 aliphatic heterocycles. The zero-order valence-corrected chi connectivity index (χ0v) is 10.6. The molecule has 0 heterocycles. The lowest BCUT2D eigenvalue weighted by molar-refractivity contribution is -0.144. The van der Waals surface area contributed by atoms with Gasteiger partial charge in [0.1, 0.15) is 0 Å². The van der Waals surface area contributed by atoms with Gasteiger partial charge < -0.3 is 4.74 Å². The highest BCUT2D eigenvalue weighted by atomic mass is 16.5. The Hall–Kier alpha value is -1.71. The molecule has 0 saturated heterocycles. The van der Waals surface area contributed by atoms with Gasteiger partial charge in [-0.2, -0.15) is 0 Å². The fraction of sp³-hybridized carbons (Fsp3) is 0.500. The van der Waals surface area contributed by atoms with Crippen LogP contribution < -0.4 is 0 Å². The van der Waals surface area contributed by atoms with Crippen LogP contribution in [0.4, 0.5) is 0 Å². The Morgan fingerprint density at radius 1 is 1.33 bits per heavy atom. The van der Waals surface area contributed by atoms with Crippen molar-refractivity contribution in [3.63, 3.8) is 0 Å². The van der Waals surface area contributed by atoms with E-state index in [-0.39, 0.29) is 30.6 Å². The highest BCUT2D eigenvalue weighted by Crippen LogP contribution is 2.13. The van der Waals surface area contributed by atoms with Crippen molar-refractivity contribution in [2.75, 3.05) is 6.61 Å². The number of allylic oxidation sites excluding steroid dienone is 4. The maximum Gasteiger partial charge on any atom is 0.305 e. The monoisotopic (exact) mass is 250 g/mol. The molecular formula is C14H18O4. The zero-order valence-electron chi connectivity index (χ0n) is 10.6. The second-order valence-corrected chi connectivity index (χ2v) is 4.19. The van der Waals surface area contributed by atoms with Gasteiger partial charge in [0.05, 0.1) is 6.61 Å². The molecule has 1 rings (SSSR count). The normalized spacial score (nSPS) is 14.3. The molecule has 1 aliphatic rings. The van der Waals surface area contributed by atoms with E-state index in [2.05, 4.69) is 0 Å². The van der Waals surface area contributed by atoms with Gasteiger partial charge in [0.25, 0.3) is 0 Å². The molecule has 0 atom stereocenters. The molecule has 0 radical (unpaired) electrons. The molecule has 0 saturated carbocycles. The summed E-state index contributed by atoms with van der Waals surface area (Å²) >= 11 is 0. The molecule has 0 N–H and O–H groups in total. The number of hydrogen-bond acceptors (Lipinski definition) is 4. The van der Waals surface area contributed by atoms with Crippen molar-refractivity contribution in [2.45, 2.75) is 39.0 Å². The lowest BCUT2D eigenvalue weighted by Crippen LogP contribution is -2.11. The average molecular weight is 250 g/mol. The number of esters is 1. The van der Waals surface area contributed by atoms with Crippen LogP contribution >= 0.6 is 0 Å². The van der Waals surface area contributed by atoms with Gasteiger partial charge in [-0.05, 0) is 18.9 Å². The quantitative estimate of drug-likeness (QED) is 0.513. The fourth-order valence-corrected chi connectivity index (χ4v) is 1.62. The van der Waals surface area contributed by atoms with Crippen molar-refractivity contribution in [3.05, 3.63) is 23.8 Å². The summed E-state index contributed by atoms with van der Waals surface area (Å²) in [7, 11) is 0. The van der Waals surface area contributed by atoms with Crippen LogP contribution in [0.3, 0.4) is 0 Å². The molecule has 0 bridgehead atoms. The first kappa shape index (κ1) is 14.4. The minimum absolute atomic E-state index is 0.0424. The summed E-state index contributed by atoms with van der Waals surface area (Å²) in [4.78, 5) is 33.9. The molecule has 0 aromatic carbocycles. The lowest BCUT2D eigenvalue weighted by atomic mass is 9.98. The van der Waals surface area contributed by atoms with Crippen LogP contribution in [0.2, 0.25) is 0 Å². The molecular weight excluding hydrogens is 232 g/mol. The van der Waals surface area contributed by atoms with Crippen molar-refractivity contribution in [3.8, 4) is 0 Å². The maximum absolute atomic E-state index is 11.7.